The van der Waals surface area contributed by atoms with Crippen molar-refractivity contribution in [3.05, 3.63) is 47.5 Å². The third-order valence-corrected chi connectivity index (χ3v) is 5.91. The molecule has 1 saturated heterocycles. The fourth-order valence-electron chi connectivity index (χ4n) is 4.35. The Hall–Kier alpha value is -2.30. The van der Waals surface area contributed by atoms with Crippen molar-refractivity contribution in [2.24, 2.45) is 7.05 Å². The van der Waals surface area contributed by atoms with Gasteiger partial charge in [0.2, 0.25) is 5.91 Å². The third kappa shape index (κ3) is 2.89. The van der Waals surface area contributed by atoms with E-state index in [9.17, 15) is 4.79 Å². The van der Waals surface area contributed by atoms with E-state index in [1.54, 1.807) is 7.11 Å². The second-order valence-electron chi connectivity index (χ2n) is 7.75. The first kappa shape index (κ1) is 17.1. The summed E-state index contributed by atoms with van der Waals surface area (Å²) in [5.41, 5.74) is 1.85. The van der Waals surface area contributed by atoms with Crippen molar-refractivity contribution in [3.63, 3.8) is 0 Å². The Balaban J connectivity index is 1.53. The highest BCUT2D eigenvalue weighted by Crippen LogP contribution is 2.50. The normalized spacial score (nSPS) is 21.5. The lowest BCUT2D eigenvalue weighted by molar-refractivity contribution is -0.135. The first-order valence-corrected chi connectivity index (χ1v) is 9.47. The number of nitrogens with zero attached hydrogens (tertiary/aromatic N) is 3. The predicted octanol–water partition coefficient (Wildman–Crippen LogP) is 3.17. The summed E-state index contributed by atoms with van der Waals surface area (Å²) in [6.07, 6.45) is 6.10. The zero-order chi connectivity index (χ0) is 18.3. The van der Waals surface area contributed by atoms with E-state index in [2.05, 4.69) is 22.7 Å². The average Bonchev–Trinajstić information content (AvgIpc) is 3.40. The molecule has 0 N–H and O–H groups in total. The molecule has 0 bridgehead atoms. The van der Waals surface area contributed by atoms with Crippen LogP contribution in [-0.2, 0) is 17.3 Å². The molecule has 138 valence electrons. The summed E-state index contributed by atoms with van der Waals surface area (Å²) in [6.45, 7) is 3.66. The number of aryl methyl sites for hydroxylation is 2. The Morgan fingerprint density at radius 1 is 1.27 bits per heavy atom. The number of amides is 1. The van der Waals surface area contributed by atoms with Gasteiger partial charge in [-0.15, -0.1) is 0 Å². The number of carbonyl (C=O) groups excluding carboxylic acids is 1. The summed E-state index contributed by atoms with van der Waals surface area (Å²) in [5.74, 6) is 2.56. The highest BCUT2D eigenvalue weighted by molar-refractivity contribution is 5.91. The van der Waals surface area contributed by atoms with E-state index in [1.807, 2.05) is 31.2 Å². The molecule has 1 aliphatic heterocycles. The SMILES string of the molecule is COc1ccc(C2(C(=O)N3CCC[C@@H](c4nc(C)cn4C)C3)CC2)cc1. The van der Waals surface area contributed by atoms with Crippen LogP contribution in [0.3, 0.4) is 0 Å². The van der Waals surface area contributed by atoms with Crippen LogP contribution >= 0.6 is 0 Å². The number of aromatic nitrogens is 2. The van der Waals surface area contributed by atoms with Crippen molar-refractivity contribution in [1.82, 2.24) is 14.5 Å². The van der Waals surface area contributed by atoms with Crippen LogP contribution < -0.4 is 4.74 Å². The highest BCUT2D eigenvalue weighted by Gasteiger charge is 2.53. The number of imidazole rings is 1. The van der Waals surface area contributed by atoms with E-state index in [1.165, 1.54) is 0 Å². The number of piperidine rings is 1. The number of carbonyl (C=O) groups is 1. The number of likely N-dealkylation sites (tertiary alicyclic amines) is 1. The minimum Gasteiger partial charge on any atom is -0.497 e. The molecule has 2 aliphatic rings. The minimum absolute atomic E-state index is 0.290. The molecule has 1 aliphatic carbocycles. The molecule has 2 aromatic rings. The number of hydrogen-bond acceptors (Lipinski definition) is 3. The minimum atomic E-state index is -0.314. The van der Waals surface area contributed by atoms with Crippen LogP contribution in [0.15, 0.2) is 30.5 Å². The zero-order valence-electron chi connectivity index (χ0n) is 15.9. The third-order valence-electron chi connectivity index (χ3n) is 5.91. The maximum absolute atomic E-state index is 13.4. The van der Waals surface area contributed by atoms with Crippen molar-refractivity contribution in [2.75, 3.05) is 20.2 Å². The molecule has 2 fully saturated rings. The number of rotatable bonds is 4. The first-order chi connectivity index (χ1) is 12.5. The lowest BCUT2D eigenvalue weighted by atomic mass is 9.91. The van der Waals surface area contributed by atoms with Gasteiger partial charge >= 0.3 is 0 Å². The summed E-state index contributed by atoms with van der Waals surface area (Å²) < 4.78 is 7.37. The molecule has 4 rings (SSSR count). The lowest BCUT2D eigenvalue weighted by Crippen LogP contribution is -2.44. The molecule has 2 heterocycles. The van der Waals surface area contributed by atoms with Gasteiger partial charge in [-0.2, -0.15) is 0 Å². The van der Waals surface area contributed by atoms with Crippen LogP contribution in [0.5, 0.6) is 5.75 Å². The van der Waals surface area contributed by atoms with Gasteiger partial charge in [0.25, 0.3) is 0 Å². The first-order valence-electron chi connectivity index (χ1n) is 9.47. The van der Waals surface area contributed by atoms with Gasteiger partial charge in [-0.3, -0.25) is 4.79 Å². The van der Waals surface area contributed by atoms with Crippen LogP contribution in [0.1, 0.15) is 48.7 Å². The van der Waals surface area contributed by atoms with Gasteiger partial charge in [0.1, 0.15) is 11.6 Å². The van der Waals surface area contributed by atoms with Gasteiger partial charge in [0.05, 0.1) is 18.2 Å². The zero-order valence-corrected chi connectivity index (χ0v) is 15.9. The average molecular weight is 353 g/mol. The van der Waals surface area contributed by atoms with Crippen molar-refractivity contribution in [2.45, 2.75) is 43.9 Å². The Morgan fingerprint density at radius 2 is 2.00 bits per heavy atom. The Kier molecular flexibility index (Phi) is 4.25. The molecule has 5 nitrogen and oxygen atoms in total. The molecule has 1 atom stereocenters. The van der Waals surface area contributed by atoms with E-state index < -0.39 is 0 Å². The van der Waals surface area contributed by atoms with E-state index in [0.717, 1.165) is 61.6 Å². The molecule has 5 heteroatoms. The maximum atomic E-state index is 13.4. The molecular formula is C21H27N3O2. The Labute approximate surface area is 155 Å². The van der Waals surface area contributed by atoms with E-state index in [4.69, 9.17) is 9.72 Å². The molecule has 0 radical (unpaired) electrons. The Bertz CT molecular complexity index is 805. The van der Waals surface area contributed by atoms with Crippen molar-refractivity contribution in [3.8, 4) is 5.75 Å². The van der Waals surface area contributed by atoms with Crippen LogP contribution in [0, 0.1) is 6.92 Å². The smallest absolute Gasteiger partial charge is 0.233 e. The van der Waals surface area contributed by atoms with E-state index in [0.29, 0.717) is 11.8 Å². The van der Waals surface area contributed by atoms with Gasteiger partial charge in [0, 0.05) is 32.3 Å². The summed E-state index contributed by atoms with van der Waals surface area (Å²) >= 11 is 0. The summed E-state index contributed by atoms with van der Waals surface area (Å²) in [4.78, 5) is 20.1. The van der Waals surface area contributed by atoms with Crippen LogP contribution in [0.4, 0.5) is 0 Å². The summed E-state index contributed by atoms with van der Waals surface area (Å²) in [6, 6.07) is 8.01. The molecule has 1 aromatic carbocycles. The topological polar surface area (TPSA) is 47.4 Å². The molecule has 0 spiro atoms. The van der Waals surface area contributed by atoms with Gasteiger partial charge in [0.15, 0.2) is 0 Å². The lowest BCUT2D eigenvalue weighted by Gasteiger charge is -2.35. The van der Waals surface area contributed by atoms with Gasteiger partial charge in [-0.05, 0) is 50.3 Å². The molecule has 26 heavy (non-hydrogen) atoms. The fraction of sp³-hybridized carbons (Fsp3) is 0.524. The standard InChI is InChI=1S/C21H27N3O2/c1-15-13-23(2)19(22-15)16-5-4-12-24(14-16)20(25)21(10-11-21)17-6-8-18(26-3)9-7-17/h6-9,13,16H,4-5,10-12,14H2,1-3H3/t16-/m1/s1. The molecule has 1 saturated carbocycles. The van der Waals surface area contributed by atoms with Crippen LogP contribution in [0.2, 0.25) is 0 Å². The highest BCUT2D eigenvalue weighted by atomic mass is 16.5. The summed E-state index contributed by atoms with van der Waals surface area (Å²) in [7, 11) is 3.72. The maximum Gasteiger partial charge on any atom is 0.233 e. The quantitative estimate of drug-likeness (QED) is 0.848. The second-order valence-corrected chi connectivity index (χ2v) is 7.75. The van der Waals surface area contributed by atoms with Crippen molar-refractivity contribution < 1.29 is 9.53 Å². The van der Waals surface area contributed by atoms with Crippen molar-refractivity contribution >= 4 is 5.91 Å². The summed E-state index contributed by atoms with van der Waals surface area (Å²) in [5, 5.41) is 0. The molecule has 1 amide bonds. The van der Waals surface area contributed by atoms with Crippen LogP contribution in [0.25, 0.3) is 0 Å². The molecule has 1 aromatic heterocycles. The molecule has 0 unspecified atom stereocenters. The van der Waals surface area contributed by atoms with E-state index >= 15 is 0 Å². The number of benzene rings is 1. The van der Waals surface area contributed by atoms with Gasteiger partial charge in [-0.25, -0.2) is 4.98 Å². The number of ether oxygens (including phenoxy) is 1. The monoisotopic (exact) mass is 353 g/mol. The van der Waals surface area contributed by atoms with Crippen LogP contribution in [-0.4, -0.2) is 40.6 Å². The van der Waals surface area contributed by atoms with E-state index in [-0.39, 0.29) is 5.41 Å². The van der Waals surface area contributed by atoms with Gasteiger partial charge in [-0.1, -0.05) is 12.1 Å². The number of methoxy groups -OCH3 is 1. The van der Waals surface area contributed by atoms with Gasteiger partial charge < -0.3 is 14.2 Å². The fourth-order valence-corrected chi connectivity index (χ4v) is 4.35. The second kappa shape index (κ2) is 6.45. The number of hydrogen-bond donors (Lipinski definition) is 0. The molecular weight excluding hydrogens is 326 g/mol. The Morgan fingerprint density at radius 3 is 2.58 bits per heavy atom. The largest absolute Gasteiger partial charge is 0.497 e. The predicted molar refractivity (Wildman–Crippen MR) is 100 cm³/mol. The van der Waals surface area contributed by atoms with Crippen molar-refractivity contribution in [1.29, 1.82) is 0 Å².